The Morgan fingerprint density at radius 1 is 1.40 bits per heavy atom. The predicted molar refractivity (Wildman–Crippen MR) is 64.5 cm³/mol. The van der Waals surface area contributed by atoms with Crippen molar-refractivity contribution < 1.29 is 4.79 Å². The first kappa shape index (κ1) is 14.4. The van der Waals surface area contributed by atoms with Crippen LogP contribution in [0.3, 0.4) is 0 Å². The summed E-state index contributed by atoms with van der Waals surface area (Å²) in [6.45, 7) is 10.8. The highest BCUT2D eigenvalue weighted by molar-refractivity contribution is 5.79. The van der Waals surface area contributed by atoms with Crippen LogP contribution >= 0.6 is 0 Å². The molecule has 0 bridgehead atoms. The highest BCUT2D eigenvalue weighted by atomic mass is 16.2. The van der Waals surface area contributed by atoms with Gasteiger partial charge in [-0.1, -0.05) is 27.7 Å². The van der Waals surface area contributed by atoms with Crippen molar-refractivity contribution in [3.05, 3.63) is 0 Å². The zero-order chi connectivity index (χ0) is 12.1. The lowest BCUT2D eigenvalue weighted by atomic mass is 9.90. The number of hydrogen-bond acceptors (Lipinski definition) is 2. The van der Waals surface area contributed by atoms with Crippen molar-refractivity contribution in [2.24, 2.45) is 17.6 Å². The largest absolute Gasteiger partial charge is 0.349 e. The lowest BCUT2D eigenvalue weighted by Crippen LogP contribution is -2.53. The maximum absolute atomic E-state index is 11.8. The molecule has 0 saturated carbocycles. The van der Waals surface area contributed by atoms with Crippen LogP contribution in [0.4, 0.5) is 0 Å². The van der Waals surface area contributed by atoms with Crippen LogP contribution in [0.2, 0.25) is 0 Å². The van der Waals surface area contributed by atoms with E-state index in [0.717, 1.165) is 12.8 Å². The molecule has 0 spiro atoms. The molecule has 3 N–H and O–H groups in total. The summed E-state index contributed by atoms with van der Waals surface area (Å²) in [5.41, 5.74) is 5.48. The third-order valence-electron chi connectivity index (χ3n) is 2.79. The van der Waals surface area contributed by atoms with E-state index < -0.39 is 0 Å². The first-order chi connectivity index (χ1) is 6.84. The number of hydrogen-bond donors (Lipinski definition) is 2. The van der Waals surface area contributed by atoms with Gasteiger partial charge < -0.3 is 11.1 Å². The number of carbonyl (C=O) groups is 1. The summed E-state index contributed by atoms with van der Waals surface area (Å²) in [6, 6.07) is 0. The quantitative estimate of drug-likeness (QED) is 0.709. The van der Waals surface area contributed by atoms with E-state index in [1.54, 1.807) is 0 Å². The topological polar surface area (TPSA) is 55.1 Å². The molecular weight excluding hydrogens is 188 g/mol. The third-order valence-corrected chi connectivity index (χ3v) is 2.79. The van der Waals surface area contributed by atoms with Crippen molar-refractivity contribution in [1.29, 1.82) is 0 Å². The minimum absolute atomic E-state index is 0.0723. The van der Waals surface area contributed by atoms with Crippen LogP contribution in [0.25, 0.3) is 0 Å². The van der Waals surface area contributed by atoms with E-state index in [-0.39, 0.29) is 17.4 Å². The number of nitrogens with two attached hydrogens (primary N) is 1. The van der Waals surface area contributed by atoms with Gasteiger partial charge in [-0.3, -0.25) is 4.79 Å². The fourth-order valence-corrected chi connectivity index (χ4v) is 1.69. The lowest BCUT2D eigenvalue weighted by molar-refractivity contribution is -0.126. The maximum atomic E-state index is 11.8. The summed E-state index contributed by atoms with van der Waals surface area (Å²) < 4.78 is 0. The van der Waals surface area contributed by atoms with Gasteiger partial charge in [-0.15, -0.1) is 0 Å². The van der Waals surface area contributed by atoms with Crippen molar-refractivity contribution >= 4 is 5.91 Å². The average molecular weight is 214 g/mol. The minimum atomic E-state index is -0.255. The molecule has 0 saturated heterocycles. The van der Waals surface area contributed by atoms with Gasteiger partial charge in [0.05, 0.1) is 0 Å². The second-order valence-corrected chi connectivity index (χ2v) is 5.16. The summed E-state index contributed by atoms with van der Waals surface area (Å²) in [5.74, 6) is 0.727. The summed E-state index contributed by atoms with van der Waals surface area (Å²) in [5, 5.41) is 3.06. The summed E-state index contributed by atoms with van der Waals surface area (Å²) >= 11 is 0. The Kier molecular flexibility index (Phi) is 5.88. The van der Waals surface area contributed by atoms with Crippen molar-refractivity contribution in [2.75, 3.05) is 6.54 Å². The van der Waals surface area contributed by atoms with Gasteiger partial charge in [0.25, 0.3) is 0 Å². The zero-order valence-corrected chi connectivity index (χ0v) is 10.8. The second kappa shape index (κ2) is 6.11. The standard InChI is InChI=1S/C12H26N2O/c1-6-10(4)11(15)14-12(5,8-13)7-9(2)3/h9-10H,6-8,13H2,1-5H3,(H,14,15). The molecular formula is C12H26N2O. The molecule has 2 atom stereocenters. The normalized spacial score (nSPS) is 17.3. The summed E-state index contributed by atoms with van der Waals surface area (Å²) in [7, 11) is 0. The molecule has 0 fully saturated rings. The first-order valence-electron chi connectivity index (χ1n) is 5.86. The Hall–Kier alpha value is -0.570. The van der Waals surface area contributed by atoms with Gasteiger partial charge in [0, 0.05) is 18.0 Å². The van der Waals surface area contributed by atoms with E-state index in [1.165, 1.54) is 0 Å². The maximum Gasteiger partial charge on any atom is 0.223 e. The van der Waals surface area contributed by atoms with Gasteiger partial charge in [0.1, 0.15) is 0 Å². The van der Waals surface area contributed by atoms with Gasteiger partial charge in [-0.2, -0.15) is 0 Å². The highest BCUT2D eigenvalue weighted by Gasteiger charge is 2.27. The van der Waals surface area contributed by atoms with Gasteiger partial charge in [-0.25, -0.2) is 0 Å². The minimum Gasteiger partial charge on any atom is -0.349 e. The highest BCUT2D eigenvalue weighted by Crippen LogP contribution is 2.16. The molecule has 0 radical (unpaired) electrons. The van der Waals surface area contributed by atoms with E-state index in [9.17, 15) is 4.79 Å². The zero-order valence-electron chi connectivity index (χ0n) is 10.8. The van der Waals surface area contributed by atoms with Gasteiger partial charge in [0.15, 0.2) is 0 Å². The van der Waals surface area contributed by atoms with Crippen molar-refractivity contribution in [2.45, 2.75) is 53.0 Å². The van der Waals surface area contributed by atoms with Crippen LogP contribution in [0, 0.1) is 11.8 Å². The molecule has 0 aliphatic heterocycles. The summed E-state index contributed by atoms with van der Waals surface area (Å²) in [6.07, 6.45) is 1.79. The Morgan fingerprint density at radius 2 is 1.93 bits per heavy atom. The molecule has 3 nitrogen and oxygen atoms in total. The smallest absolute Gasteiger partial charge is 0.223 e. The van der Waals surface area contributed by atoms with E-state index in [2.05, 4.69) is 19.2 Å². The van der Waals surface area contributed by atoms with Gasteiger partial charge >= 0.3 is 0 Å². The predicted octanol–water partition coefficient (Wildman–Crippen LogP) is 1.91. The molecule has 0 rings (SSSR count). The molecule has 0 aliphatic carbocycles. The monoisotopic (exact) mass is 214 g/mol. The number of nitrogens with one attached hydrogen (secondary N) is 1. The lowest BCUT2D eigenvalue weighted by Gasteiger charge is -2.32. The molecule has 0 heterocycles. The SMILES string of the molecule is CCC(C)C(=O)NC(C)(CN)CC(C)C. The Morgan fingerprint density at radius 3 is 2.27 bits per heavy atom. The molecule has 1 amide bonds. The number of amides is 1. The summed E-state index contributed by atoms with van der Waals surface area (Å²) in [4.78, 5) is 11.8. The Bertz CT molecular complexity index is 204. The first-order valence-corrected chi connectivity index (χ1v) is 5.86. The van der Waals surface area contributed by atoms with E-state index in [0.29, 0.717) is 12.5 Å². The fourth-order valence-electron chi connectivity index (χ4n) is 1.69. The molecule has 2 unspecified atom stereocenters. The second-order valence-electron chi connectivity index (χ2n) is 5.16. The third kappa shape index (κ3) is 5.17. The Balaban J connectivity index is 4.36. The number of carbonyl (C=O) groups excluding carboxylic acids is 1. The van der Waals surface area contributed by atoms with Crippen LogP contribution in [-0.2, 0) is 4.79 Å². The van der Waals surface area contributed by atoms with Gasteiger partial charge in [0.2, 0.25) is 5.91 Å². The average Bonchev–Trinajstić information content (AvgIpc) is 2.15. The van der Waals surface area contributed by atoms with E-state index in [1.807, 2.05) is 20.8 Å². The van der Waals surface area contributed by atoms with Crippen molar-refractivity contribution in [3.63, 3.8) is 0 Å². The van der Waals surface area contributed by atoms with E-state index in [4.69, 9.17) is 5.73 Å². The molecule has 3 heteroatoms. The fraction of sp³-hybridized carbons (Fsp3) is 0.917. The molecule has 0 aromatic carbocycles. The Labute approximate surface area is 93.8 Å². The van der Waals surface area contributed by atoms with Crippen LogP contribution in [0.5, 0.6) is 0 Å². The van der Waals surface area contributed by atoms with Crippen LogP contribution in [0.15, 0.2) is 0 Å². The molecule has 0 aliphatic rings. The number of rotatable bonds is 6. The molecule has 15 heavy (non-hydrogen) atoms. The van der Waals surface area contributed by atoms with Gasteiger partial charge in [-0.05, 0) is 25.7 Å². The van der Waals surface area contributed by atoms with Crippen LogP contribution in [-0.4, -0.2) is 18.0 Å². The van der Waals surface area contributed by atoms with Crippen molar-refractivity contribution in [1.82, 2.24) is 5.32 Å². The molecule has 90 valence electrons. The van der Waals surface area contributed by atoms with E-state index >= 15 is 0 Å². The molecule has 0 aromatic heterocycles. The van der Waals surface area contributed by atoms with Crippen LogP contribution < -0.4 is 11.1 Å². The van der Waals surface area contributed by atoms with Crippen LogP contribution in [0.1, 0.15) is 47.5 Å². The van der Waals surface area contributed by atoms with Crippen molar-refractivity contribution in [3.8, 4) is 0 Å². The molecule has 0 aromatic rings.